The Bertz CT molecular complexity index is 1590. The van der Waals surface area contributed by atoms with Gasteiger partial charge < -0.3 is 5.32 Å². The third-order valence-electron chi connectivity index (χ3n) is 5.41. The monoisotopic (exact) mass is 493 g/mol. The maximum Gasteiger partial charge on any atom is 0.281 e. The molecule has 3 heterocycles. The number of carbonyl (C=O) groups excluding carboxylic acids is 1. The van der Waals surface area contributed by atoms with Crippen LogP contribution in [0.1, 0.15) is 11.1 Å². The molecule has 172 valence electrons. The summed E-state index contributed by atoms with van der Waals surface area (Å²) in [5.41, 5.74) is 3.46. The van der Waals surface area contributed by atoms with Gasteiger partial charge in [-0.05, 0) is 24.6 Å². The van der Waals surface area contributed by atoms with Crippen molar-refractivity contribution in [2.75, 3.05) is 11.1 Å². The van der Waals surface area contributed by atoms with E-state index >= 15 is 0 Å². The van der Waals surface area contributed by atoms with Gasteiger partial charge in [0, 0.05) is 7.05 Å². The second-order valence-corrected chi connectivity index (χ2v) is 9.16. The molecular formula is C23H20ClN7O2S. The molecule has 34 heavy (non-hydrogen) atoms. The molecule has 0 saturated heterocycles. The number of hydrogen-bond acceptors (Lipinski definition) is 6. The lowest BCUT2D eigenvalue weighted by Gasteiger charge is -2.10. The lowest BCUT2D eigenvalue weighted by Crippen LogP contribution is -2.25. The number of nitrogens with zero attached hydrogens (tertiary/aromatic N) is 6. The van der Waals surface area contributed by atoms with E-state index in [1.54, 1.807) is 51.2 Å². The van der Waals surface area contributed by atoms with Gasteiger partial charge in [-0.2, -0.15) is 5.10 Å². The van der Waals surface area contributed by atoms with Gasteiger partial charge in [0.2, 0.25) is 11.7 Å². The fraction of sp³-hybridized carbons (Fsp3) is 0.174. The number of thioether (sulfide) groups is 1. The molecule has 11 heteroatoms. The third-order valence-corrected chi connectivity index (χ3v) is 6.67. The number of halogens is 1. The minimum atomic E-state index is -0.231. The minimum Gasteiger partial charge on any atom is -0.324 e. The Hall–Kier alpha value is -3.63. The molecule has 0 aliphatic heterocycles. The Morgan fingerprint density at radius 1 is 1.12 bits per heavy atom. The average Bonchev–Trinajstić information content (AvgIpc) is 3.41. The summed E-state index contributed by atoms with van der Waals surface area (Å²) < 4.78 is 4.89. The number of anilines is 1. The van der Waals surface area contributed by atoms with Crippen molar-refractivity contribution in [1.29, 1.82) is 0 Å². The number of benzene rings is 2. The Balaban J connectivity index is 1.51. The Morgan fingerprint density at radius 2 is 1.88 bits per heavy atom. The lowest BCUT2D eigenvalue weighted by atomic mass is 10.1. The lowest BCUT2D eigenvalue weighted by molar-refractivity contribution is -0.113. The summed E-state index contributed by atoms with van der Waals surface area (Å²) in [5.74, 6) is 0.246. The van der Waals surface area contributed by atoms with Crippen LogP contribution in [0, 0.1) is 6.92 Å². The van der Waals surface area contributed by atoms with Gasteiger partial charge in [-0.3, -0.25) is 23.2 Å². The standard InChI is InChI=1S/C23H20ClN7O2S/c1-14-7-9-15(10-8-14)12-30-21(33)20-18(11-25-29(20)2)31-22(30)27-28-23(31)34-13-19(32)26-17-6-4-3-5-16(17)24/h3-11H,12-13H2,1-2H3,(H,26,32). The molecule has 0 atom stereocenters. The molecule has 5 rings (SSSR count). The van der Waals surface area contributed by atoms with Crippen LogP contribution < -0.4 is 10.9 Å². The summed E-state index contributed by atoms with van der Waals surface area (Å²) in [6.45, 7) is 2.35. The molecule has 0 spiro atoms. The quantitative estimate of drug-likeness (QED) is 0.363. The van der Waals surface area contributed by atoms with Crippen molar-refractivity contribution in [3.8, 4) is 0 Å². The maximum absolute atomic E-state index is 13.3. The highest BCUT2D eigenvalue weighted by Crippen LogP contribution is 2.24. The van der Waals surface area contributed by atoms with Crippen LogP contribution in [0.2, 0.25) is 5.02 Å². The van der Waals surface area contributed by atoms with E-state index < -0.39 is 0 Å². The molecule has 0 aliphatic carbocycles. The first-order valence-corrected chi connectivity index (χ1v) is 11.8. The zero-order valence-corrected chi connectivity index (χ0v) is 20.0. The number of rotatable bonds is 6. The van der Waals surface area contributed by atoms with Gasteiger partial charge in [0.25, 0.3) is 5.56 Å². The van der Waals surface area contributed by atoms with Crippen LogP contribution in [-0.4, -0.2) is 40.6 Å². The first-order chi connectivity index (χ1) is 16.4. The van der Waals surface area contributed by atoms with E-state index in [4.69, 9.17) is 11.6 Å². The zero-order chi connectivity index (χ0) is 23.8. The van der Waals surface area contributed by atoms with Crippen molar-refractivity contribution in [1.82, 2.24) is 28.9 Å². The van der Waals surface area contributed by atoms with Gasteiger partial charge in [0.1, 0.15) is 5.52 Å². The van der Waals surface area contributed by atoms with Crippen LogP contribution >= 0.6 is 23.4 Å². The van der Waals surface area contributed by atoms with Crippen molar-refractivity contribution in [2.24, 2.45) is 7.05 Å². The second-order valence-electron chi connectivity index (χ2n) is 7.81. The fourth-order valence-corrected chi connectivity index (χ4v) is 4.62. The Labute approximate surface area is 203 Å². The Kier molecular flexibility index (Phi) is 5.84. The summed E-state index contributed by atoms with van der Waals surface area (Å²) in [5, 5.41) is 16.6. The summed E-state index contributed by atoms with van der Waals surface area (Å²) in [6.07, 6.45) is 1.61. The molecule has 3 aromatic heterocycles. The first kappa shape index (κ1) is 22.2. The number of hydrogen-bond donors (Lipinski definition) is 1. The Morgan fingerprint density at radius 3 is 2.65 bits per heavy atom. The van der Waals surface area contributed by atoms with Crippen LogP contribution in [0.4, 0.5) is 5.69 Å². The van der Waals surface area contributed by atoms with Gasteiger partial charge in [-0.15, -0.1) is 10.2 Å². The molecular weight excluding hydrogens is 474 g/mol. The summed E-state index contributed by atoms with van der Waals surface area (Å²) >= 11 is 7.35. The highest BCUT2D eigenvalue weighted by Gasteiger charge is 2.20. The number of carbonyl (C=O) groups is 1. The highest BCUT2D eigenvalue weighted by molar-refractivity contribution is 7.99. The highest BCUT2D eigenvalue weighted by atomic mass is 35.5. The number of nitrogens with one attached hydrogen (secondary N) is 1. The molecule has 0 saturated carbocycles. The average molecular weight is 494 g/mol. The first-order valence-electron chi connectivity index (χ1n) is 10.4. The van der Waals surface area contributed by atoms with Crippen molar-refractivity contribution in [3.63, 3.8) is 0 Å². The van der Waals surface area contributed by atoms with E-state index in [9.17, 15) is 9.59 Å². The van der Waals surface area contributed by atoms with E-state index in [0.29, 0.717) is 39.2 Å². The van der Waals surface area contributed by atoms with Crippen LogP contribution in [0.25, 0.3) is 16.8 Å². The van der Waals surface area contributed by atoms with E-state index in [2.05, 4.69) is 20.6 Å². The normalized spacial score (nSPS) is 11.4. The van der Waals surface area contributed by atoms with Gasteiger partial charge in [-0.25, -0.2) is 0 Å². The summed E-state index contributed by atoms with van der Waals surface area (Å²) in [4.78, 5) is 25.9. The summed E-state index contributed by atoms with van der Waals surface area (Å²) in [7, 11) is 1.72. The van der Waals surface area contributed by atoms with Crippen LogP contribution in [0.3, 0.4) is 0 Å². The van der Waals surface area contributed by atoms with E-state index in [1.165, 1.54) is 11.8 Å². The van der Waals surface area contributed by atoms with Gasteiger partial charge >= 0.3 is 0 Å². The molecule has 0 unspecified atom stereocenters. The van der Waals surface area contributed by atoms with Gasteiger partial charge in [-0.1, -0.05) is 65.3 Å². The number of para-hydroxylation sites is 1. The molecule has 0 aliphatic rings. The SMILES string of the molecule is Cc1ccc(Cn2c(=O)c3c(cnn3C)n3c(SCC(=O)Nc4ccccc4Cl)nnc23)cc1. The topological polar surface area (TPSA) is 99.1 Å². The predicted octanol–water partition coefficient (Wildman–Crippen LogP) is 3.52. The zero-order valence-electron chi connectivity index (χ0n) is 18.4. The molecule has 1 amide bonds. The molecule has 0 radical (unpaired) electrons. The molecule has 2 aromatic carbocycles. The summed E-state index contributed by atoms with van der Waals surface area (Å²) in [6, 6.07) is 15.0. The predicted molar refractivity (Wildman–Crippen MR) is 133 cm³/mol. The van der Waals surface area contributed by atoms with Crippen molar-refractivity contribution < 1.29 is 4.79 Å². The van der Waals surface area contributed by atoms with Gasteiger partial charge in [0.15, 0.2) is 10.7 Å². The maximum atomic E-state index is 13.3. The number of amides is 1. The largest absolute Gasteiger partial charge is 0.324 e. The van der Waals surface area contributed by atoms with Crippen molar-refractivity contribution >= 4 is 51.8 Å². The number of aryl methyl sites for hydroxylation is 2. The number of fused-ring (bicyclic) bond motifs is 3. The molecule has 9 nitrogen and oxygen atoms in total. The van der Waals surface area contributed by atoms with Crippen LogP contribution in [-0.2, 0) is 18.4 Å². The third kappa shape index (κ3) is 4.06. The van der Waals surface area contributed by atoms with E-state index in [0.717, 1.165) is 11.1 Å². The smallest absolute Gasteiger partial charge is 0.281 e. The van der Waals surface area contributed by atoms with E-state index in [-0.39, 0.29) is 17.2 Å². The van der Waals surface area contributed by atoms with Crippen molar-refractivity contribution in [3.05, 3.63) is 81.2 Å². The number of aromatic nitrogens is 6. The molecule has 0 bridgehead atoms. The molecule has 5 aromatic rings. The van der Waals surface area contributed by atoms with Crippen LogP contribution in [0.5, 0.6) is 0 Å². The minimum absolute atomic E-state index is 0.0882. The molecule has 1 N–H and O–H groups in total. The van der Waals surface area contributed by atoms with Crippen molar-refractivity contribution in [2.45, 2.75) is 18.6 Å². The van der Waals surface area contributed by atoms with Gasteiger partial charge in [0.05, 0.1) is 29.2 Å². The second kappa shape index (κ2) is 8.96. The molecule has 0 fully saturated rings. The van der Waals surface area contributed by atoms with E-state index in [1.807, 2.05) is 31.2 Å². The van der Waals surface area contributed by atoms with Crippen LogP contribution in [0.15, 0.2) is 64.7 Å². The fourth-order valence-electron chi connectivity index (χ4n) is 3.70.